The van der Waals surface area contributed by atoms with Gasteiger partial charge in [0.2, 0.25) is 10.0 Å². The van der Waals surface area contributed by atoms with Crippen LogP contribution in [-0.2, 0) is 10.0 Å². The highest BCUT2D eigenvalue weighted by Crippen LogP contribution is 2.21. The van der Waals surface area contributed by atoms with Crippen molar-refractivity contribution in [3.05, 3.63) is 63.6 Å². The highest BCUT2D eigenvalue weighted by atomic mass is 79.9. The van der Waals surface area contributed by atoms with Gasteiger partial charge in [0, 0.05) is 36.2 Å². The lowest BCUT2D eigenvalue weighted by atomic mass is 10.0. The van der Waals surface area contributed by atoms with Crippen molar-refractivity contribution >= 4 is 31.9 Å². The molecule has 138 valence electrons. The quantitative estimate of drug-likeness (QED) is 0.741. The van der Waals surface area contributed by atoms with Gasteiger partial charge in [-0.05, 0) is 49.7 Å². The third kappa shape index (κ3) is 3.84. The number of carbonyl (C=O) groups excluding carboxylic acids is 1. The Bertz CT molecular complexity index is 918. The van der Waals surface area contributed by atoms with E-state index < -0.39 is 10.0 Å². The minimum Gasteiger partial charge on any atom is -0.336 e. The van der Waals surface area contributed by atoms with E-state index in [1.54, 1.807) is 29.2 Å². The number of amides is 1. The van der Waals surface area contributed by atoms with Gasteiger partial charge in [0.05, 0.1) is 4.90 Å². The van der Waals surface area contributed by atoms with Crippen LogP contribution in [0.4, 0.5) is 0 Å². The molecule has 2 aromatic rings. The fraction of sp³-hybridized carbons (Fsp3) is 0.316. The maximum absolute atomic E-state index is 12.7. The van der Waals surface area contributed by atoms with Crippen molar-refractivity contribution in [2.45, 2.75) is 18.7 Å². The maximum Gasteiger partial charge on any atom is 0.254 e. The van der Waals surface area contributed by atoms with Gasteiger partial charge in [-0.3, -0.25) is 4.79 Å². The van der Waals surface area contributed by atoms with Crippen molar-refractivity contribution in [3.63, 3.8) is 0 Å². The zero-order valence-electron chi connectivity index (χ0n) is 14.8. The van der Waals surface area contributed by atoms with Gasteiger partial charge in [0.1, 0.15) is 0 Å². The second-order valence-corrected chi connectivity index (χ2v) is 9.32. The number of aryl methyl sites for hydroxylation is 2. The van der Waals surface area contributed by atoms with Crippen LogP contribution in [0, 0.1) is 13.8 Å². The van der Waals surface area contributed by atoms with Crippen molar-refractivity contribution in [2.24, 2.45) is 0 Å². The van der Waals surface area contributed by atoms with E-state index in [0.717, 1.165) is 15.6 Å². The van der Waals surface area contributed by atoms with Gasteiger partial charge in [-0.15, -0.1) is 0 Å². The largest absolute Gasteiger partial charge is 0.336 e. The highest BCUT2D eigenvalue weighted by molar-refractivity contribution is 9.10. The summed E-state index contributed by atoms with van der Waals surface area (Å²) in [6, 6.07) is 12.4. The van der Waals surface area contributed by atoms with Crippen LogP contribution in [0.2, 0.25) is 0 Å². The van der Waals surface area contributed by atoms with E-state index in [-0.39, 0.29) is 10.8 Å². The minimum absolute atomic E-state index is 0.0387. The Kier molecular flexibility index (Phi) is 5.50. The third-order valence-electron chi connectivity index (χ3n) is 4.59. The monoisotopic (exact) mass is 436 g/mol. The molecule has 0 unspecified atom stereocenters. The average molecular weight is 437 g/mol. The number of sulfonamides is 1. The predicted octanol–water partition coefficient (Wildman–Crippen LogP) is 3.21. The molecule has 0 atom stereocenters. The number of carbonyl (C=O) groups is 1. The number of nitrogens with zero attached hydrogens (tertiary/aromatic N) is 2. The standard InChI is InChI=1S/C19H21BrN2O3S/c1-14-3-8-18(15(2)13-14)19(23)21-9-11-22(12-10-21)26(24,25)17-6-4-16(20)5-7-17/h3-8,13H,9-12H2,1-2H3. The van der Waals surface area contributed by atoms with Gasteiger partial charge in [-0.1, -0.05) is 33.6 Å². The van der Waals surface area contributed by atoms with Gasteiger partial charge in [0.25, 0.3) is 5.91 Å². The van der Waals surface area contributed by atoms with E-state index in [1.165, 1.54) is 4.31 Å². The Labute approximate surface area is 162 Å². The molecule has 7 heteroatoms. The molecular formula is C19H21BrN2O3S. The Morgan fingerprint density at radius 3 is 2.15 bits per heavy atom. The molecule has 0 aliphatic carbocycles. The second-order valence-electron chi connectivity index (χ2n) is 6.47. The van der Waals surface area contributed by atoms with Crippen molar-refractivity contribution < 1.29 is 13.2 Å². The molecule has 2 aromatic carbocycles. The van der Waals surface area contributed by atoms with Crippen molar-refractivity contribution in [3.8, 4) is 0 Å². The highest BCUT2D eigenvalue weighted by Gasteiger charge is 2.30. The number of hydrogen-bond acceptors (Lipinski definition) is 3. The molecule has 5 nitrogen and oxygen atoms in total. The second kappa shape index (κ2) is 7.50. The fourth-order valence-corrected chi connectivity index (χ4v) is 4.80. The average Bonchev–Trinajstić information content (AvgIpc) is 2.62. The van der Waals surface area contributed by atoms with Gasteiger partial charge in [-0.2, -0.15) is 4.31 Å². The lowest BCUT2D eigenvalue weighted by Gasteiger charge is -2.34. The molecule has 1 aliphatic rings. The van der Waals surface area contributed by atoms with E-state index >= 15 is 0 Å². The molecule has 0 bridgehead atoms. The van der Waals surface area contributed by atoms with Crippen LogP contribution in [0.1, 0.15) is 21.5 Å². The molecule has 0 aromatic heterocycles. The number of hydrogen-bond donors (Lipinski definition) is 0. The molecule has 1 fully saturated rings. The molecule has 0 N–H and O–H groups in total. The number of halogens is 1. The topological polar surface area (TPSA) is 57.7 Å². The van der Waals surface area contributed by atoms with Crippen LogP contribution in [-0.4, -0.2) is 49.7 Å². The zero-order valence-corrected chi connectivity index (χ0v) is 17.2. The first-order valence-corrected chi connectivity index (χ1v) is 10.6. The van der Waals surface area contributed by atoms with Crippen LogP contribution in [0.25, 0.3) is 0 Å². The van der Waals surface area contributed by atoms with Crippen LogP contribution in [0.15, 0.2) is 51.8 Å². The van der Waals surface area contributed by atoms with E-state index in [2.05, 4.69) is 15.9 Å². The molecular weight excluding hydrogens is 416 g/mol. The Morgan fingerprint density at radius 1 is 0.962 bits per heavy atom. The third-order valence-corrected chi connectivity index (χ3v) is 7.03. The van der Waals surface area contributed by atoms with E-state index in [0.29, 0.717) is 31.7 Å². The molecule has 1 amide bonds. The summed E-state index contributed by atoms with van der Waals surface area (Å²) in [5.41, 5.74) is 2.74. The number of rotatable bonds is 3. The molecule has 0 saturated carbocycles. The summed E-state index contributed by atoms with van der Waals surface area (Å²) < 4.78 is 27.8. The minimum atomic E-state index is -3.53. The van der Waals surface area contributed by atoms with E-state index in [9.17, 15) is 13.2 Å². The molecule has 26 heavy (non-hydrogen) atoms. The summed E-state index contributed by atoms with van der Waals surface area (Å²) >= 11 is 3.31. The number of benzene rings is 2. The lowest BCUT2D eigenvalue weighted by molar-refractivity contribution is 0.0697. The summed E-state index contributed by atoms with van der Waals surface area (Å²) in [7, 11) is -3.53. The zero-order chi connectivity index (χ0) is 18.9. The van der Waals surface area contributed by atoms with Gasteiger partial charge in [0.15, 0.2) is 0 Å². The summed E-state index contributed by atoms with van der Waals surface area (Å²) in [4.78, 5) is 14.7. The SMILES string of the molecule is Cc1ccc(C(=O)N2CCN(S(=O)(=O)c3ccc(Br)cc3)CC2)c(C)c1. The first-order valence-electron chi connectivity index (χ1n) is 8.41. The van der Waals surface area contributed by atoms with Gasteiger partial charge in [-0.25, -0.2) is 8.42 Å². The molecule has 1 heterocycles. The molecule has 1 saturated heterocycles. The normalized spacial score (nSPS) is 15.9. The Hall–Kier alpha value is -1.70. The summed E-state index contributed by atoms with van der Waals surface area (Å²) in [5.74, 6) is -0.0387. The Balaban J connectivity index is 1.70. The molecule has 1 aliphatic heterocycles. The van der Waals surface area contributed by atoms with Crippen LogP contribution >= 0.6 is 15.9 Å². The molecule has 0 spiro atoms. The first-order chi connectivity index (χ1) is 12.3. The fourth-order valence-electron chi connectivity index (χ4n) is 3.11. The van der Waals surface area contributed by atoms with Crippen molar-refractivity contribution in [1.29, 1.82) is 0 Å². The Morgan fingerprint density at radius 2 is 1.58 bits per heavy atom. The van der Waals surface area contributed by atoms with Crippen LogP contribution < -0.4 is 0 Å². The van der Waals surface area contributed by atoms with Gasteiger partial charge < -0.3 is 4.90 Å². The summed E-state index contributed by atoms with van der Waals surface area (Å²) in [6.45, 7) is 5.30. The maximum atomic E-state index is 12.7. The summed E-state index contributed by atoms with van der Waals surface area (Å²) in [5, 5.41) is 0. The van der Waals surface area contributed by atoms with Crippen LogP contribution in [0.3, 0.4) is 0 Å². The predicted molar refractivity (Wildman–Crippen MR) is 105 cm³/mol. The van der Waals surface area contributed by atoms with E-state index in [1.807, 2.05) is 32.0 Å². The van der Waals surface area contributed by atoms with Crippen LogP contribution in [0.5, 0.6) is 0 Å². The molecule has 3 rings (SSSR count). The van der Waals surface area contributed by atoms with Crippen molar-refractivity contribution in [1.82, 2.24) is 9.21 Å². The summed E-state index contributed by atoms with van der Waals surface area (Å²) in [6.07, 6.45) is 0. The van der Waals surface area contributed by atoms with Crippen molar-refractivity contribution in [2.75, 3.05) is 26.2 Å². The number of piperazine rings is 1. The molecule has 0 radical (unpaired) electrons. The smallest absolute Gasteiger partial charge is 0.254 e. The van der Waals surface area contributed by atoms with Gasteiger partial charge >= 0.3 is 0 Å². The van der Waals surface area contributed by atoms with E-state index in [4.69, 9.17) is 0 Å². The first kappa shape index (κ1) is 19.1. The lowest BCUT2D eigenvalue weighted by Crippen LogP contribution is -2.50.